The van der Waals surface area contributed by atoms with E-state index in [-0.39, 0.29) is 17.8 Å². The predicted molar refractivity (Wildman–Crippen MR) is 111 cm³/mol. The zero-order chi connectivity index (χ0) is 23.9. The Morgan fingerprint density at radius 2 is 1.69 bits per heavy atom. The van der Waals surface area contributed by atoms with Gasteiger partial charge < -0.3 is 24.1 Å². The Balaban J connectivity index is 2.14. The van der Waals surface area contributed by atoms with Crippen LogP contribution in [-0.2, 0) is 18.9 Å². The van der Waals surface area contributed by atoms with E-state index >= 15 is 0 Å². The van der Waals surface area contributed by atoms with Crippen LogP contribution in [0.1, 0.15) is 51.5 Å². The number of hydrogen-bond acceptors (Lipinski definition) is 5. The molecule has 1 aliphatic heterocycles. The highest BCUT2D eigenvalue weighted by atomic mass is 19.4. The summed E-state index contributed by atoms with van der Waals surface area (Å²) in [5.41, 5.74) is -4.19. The van der Waals surface area contributed by atoms with Gasteiger partial charge in [0.2, 0.25) is 0 Å². The molecule has 176 valence electrons. The number of halogens is 3. The highest BCUT2D eigenvalue weighted by molar-refractivity contribution is 5.48. The predicted octanol–water partition coefficient (Wildman–Crippen LogP) is 4.50. The molecule has 0 radical (unpaired) electrons. The van der Waals surface area contributed by atoms with Crippen LogP contribution >= 0.6 is 0 Å². The smallest absolute Gasteiger partial charge is 0.373 e. The second kappa shape index (κ2) is 8.47. The molecule has 4 unspecified atom stereocenters. The molecular weight excluding hydrogens is 425 g/mol. The van der Waals surface area contributed by atoms with Gasteiger partial charge in [-0.1, -0.05) is 30.0 Å². The van der Waals surface area contributed by atoms with Crippen molar-refractivity contribution in [2.45, 2.75) is 70.2 Å². The normalized spacial score (nSPS) is 35.0. The summed E-state index contributed by atoms with van der Waals surface area (Å²) >= 11 is 0. The van der Waals surface area contributed by atoms with Crippen molar-refractivity contribution in [2.24, 2.45) is 5.41 Å². The zero-order valence-corrected chi connectivity index (χ0v) is 19.0. The Morgan fingerprint density at radius 1 is 1.12 bits per heavy atom. The molecule has 1 N–H and O–H groups in total. The standard InChI is InChI=1S/C24H29F3O5/c1-15-13-22(31-16(2)17(3)32-22)14-21(4,24(25,26)27)23(15,28)12-11-18-9-7-8-10-19(18)20(29-5)30-6/h7-10,13,16-17,20,28H,14H2,1-6H3. The van der Waals surface area contributed by atoms with Crippen molar-refractivity contribution >= 4 is 0 Å². The largest absolute Gasteiger partial charge is 0.398 e. The molecule has 1 aromatic rings. The number of benzene rings is 1. The summed E-state index contributed by atoms with van der Waals surface area (Å²) in [6.45, 7) is 5.86. The van der Waals surface area contributed by atoms with E-state index in [0.29, 0.717) is 11.1 Å². The molecule has 32 heavy (non-hydrogen) atoms. The molecule has 1 saturated heterocycles. The number of alkyl halides is 3. The first-order valence-corrected chi connectivity index (χ1v) is 10.3. The van der Waals surface area contributed by atoms with Gasteiger partial charge >= 0.3 is 6.18 Å². The highest BCUT2D eigenvalue weighted by Gasteiger charge is 2.69. The van der Waals surface area contributed by atoms with Crippen LogP contribution in [0.4, 0.5) is 13.2 Å². The molecule has 1 heterocycles. The monoisotopic (exact) mass is 454 g/mol. The lowest BCUT2D eigenvalue weighted by molar-refractivity contribution is -0.294. The molecule has 1 aromatic carbocycles. The van der Waals surface area contributed by atoms with E-state index in [2.05, 4.69) is 11.8 Å². The van der Waals surface area contributed by atoms with Gasteiger partial charge in [0.1, 0.15) is 5.41 Å². The van der Waals surface area contributed by atoms with Crippen LogP contribution in [0.5, 0.6) is 0 Å². The lowest BCUT2D eigenvalue weighted by Crippen LogP contribution is -2.61. The molecule has 2 aliphatic rings. The topological polar surface area (TPSA) is 57.2 Å². The van der Waals surface area contributed by atoms with Gasteiger partial charge in [0, 0.05) is 31.8 Å². The maximum Gasteiger partial charge on any atom is 0.398 e. The second-order valence-electron chi connectivity index (χ2n) is 8.64. The summed E-state index contributed by atoms with van der Waals surface area (Å²) in [6, 6.07) is 6.78. The summed E-state index contributed by atoms with van der Waals surface area (Å²) in [6.07, 6.45) is -5.52. The fourth-order valence-corrected chi connectivity index (χ4v) is 4.41. The summed E-state index contributed by atoms with van der Waals surface area (Å²) in [5, 5.41) is 11.4. The highest BCUT2D eigenvalue weighted by Crippen LogP contribution is 2.58. The van der Waals surface area contributed by atoms with Gasteiger partial charge in [0.05, 0.1) is 12.2 Å². The molecule has 5 nitrogen and oxygen atoms in total. The first-order valence-electron chi connectivity index (χ1n) is 10.3. The summed E-state index contributed by atoms with van der Waals surface area (Å²) < 4.78 is 65.5. The maximum atomic E-state index is 14.5. The van der Waals surface area contributed by atoms with E-state index in [1.165, 1.54) is 27.2 Å². The molecular formula is C24H29F3O5. The molecule has 0 saturated carbocycles. The minimum Gasteiger partial charge on any atom is -0.373 e. The van der Waals surface area contributed by atoms with Gasteiger partial charge in [-0.25, -0.2) is 0 Å². The first kappa shape index (κ1) is 24.7. The lowest BCUT2D eigenvalue weighted by Gasteiger charge is -2.50. The van der Waals surface area contributed by atoms with Crippen molar-refractivity contribution in [2.75, 3.05) is 14.2 Å². The van der Waals surface area contributed by atoms with Crippen molar-refractivity contribution in [3.63, 3.8) is 0 Å². The van der Waals surface area contributed by atoms with Crippen molar-refractivity contribution in [3.8, 4) is 11.8 Å². The zero-order valence-electron chi connectivity index (χ0n) is 19.0. The molecule has 0 bridgehead atoms. The third-order valence-electron chi connectivity index (χ3n) is 6.48. The van der Waals surface area contributed by atoms with Gasteiger partial charge in [-0.2, -0.15) is 13.2 Å². The second-order valence-corrected chi connectivity index (χ2v) is 8.64. The average molecular weight is 454 g/mol. The van der Waals surface area contributed by atoms with Crippen LogP contribution in [0.25, 0.3) is 0 Å². The van der Waals surface area contributed by atoms with Crippen LogP contribution in [0.15, 0.2) is 35.9 Å². The molecule has 4 atom stereocenters. The summed E-state index contributed by atoms with van der Waals surface area (Å²) in [5.74, 6) is 3.70. The Labute approximate surface area is 186 Å². The molecule has 8 heteroatoms. The van der Waals surface area contributed by atoms with Gasteiger partial charge in [-0.15, -0.1) is 0 Å². The van der Waals surface area contributed by atoms with E-state index in [9.17, 15) is 18.3 Å². The Kier molecular flexibility index (Phi) is 6.55. The van der Waals surface area contributed by atoms with Crippen LogP contribution in [-0.4, -0.2) is 49.1 Å². The number of hydrogen-bond donors (Lipinski definition) is 1. The number of ether oxygens (including phenoxy) is 4. The van der Waals surface area contributed by atoms with Gasteiger partial charge in [-0.05, 0) is 45.4 Å². The average Bonchev–Trinajstić information content (AvgIpc) is 2.98. The van der Waals surface area contributed by atoms with E-state index in [4.69, 9.17) is 18.9 Å². The lowest BCUT2D eigenvalue weighted by atomic mass is 9.62. The minimum absolute atomic E-state index is 0.0184. The minimum atomic E-state index is -4.79. The summed E-state index contributed by atoms with van der Waals surface area (Å²) in [4.78, 5) is 0. The van der Waals surface area contributed by atoms with E-state index in [0.717, 1.165) is 6.92 Å². The molecule has 0 amide bonds. The molecule has 0 aromatic heterocycles. The van der Waals surface area contributed by atoms with Gasteiger partial charge in [0.25, 0.3) is 0 Å². The molecule has 1 aliphatic carbocycles. The fourth-order valence-electron chi connectivity index (χ4n) is 4.41. The first-order chi connectivity index (χ1) is 14.8. The van der Waals surface area contributed by atoms with Crippen LogP contribution in [0.2, 0.25) is 0 Å². The Bertz CT molecular complexity index is 933. The van der Waals surface area contributed by atoms with Gasteiger partial charge in [-0.3, -0.25) is 0 Å². The maximum absolute atomic E-state index is 14.5. The van der Waals surface area contributed by atoms with E-state index in [1.54, 1.807) is 38.1 Å². The Morgan fingerprint density at radius 3 is 2.22 bits per heavy atom. The summed E-state index contributed by atoms with van der Waals surface area (Å²) in [7, 11) is 2.90. The van der Waals surface area contributed by atoms with Crippen molar-refractivity contribution in [3.05, 3.63) is 47.0 Å². The van der Waals surface area contributed by atoms with Crippen molar-refractivity contribution in [1.29, 1.82) is 0 Å². The number of aliphatic hydroxyl groups is 1. The fraction of sp³-hybridized carbons (Fsp3) is 0.583. The van der Waals surface area contributed by atoms with Crippen LogP contribution < -0.4 is 0 Å². The van der Waals surface area contributed by atoms with E-state index in [1.807, 2.05) is 0 Å². The number of rotatable bonds is 3. The van der Waals surface area contributed by atoms with Crippen molar-refractivity contribution in [1.82, 2.24) is 0 Å². The van der Waals surface area contributed by atoms with Crippen LogP contribution in [0.3, 0.4) is 0 Å². The Hall–Kier alpha value is -1.89. The third-order valence-corrected chi connectivity index (χ3v) is 6.48. The van der Waals surface area contributed by atoms with Crippen LogP contribution in [0, 0.1) is 17.3 Å². The molecule has 1 spiro atoms. The quantitative estimate of drug-likeness (QED) is 0.414. The molecule has 3 rings (SSSR count). The van der Waals surface area contributed by atoms with E-state index < -0.39 is 35.7 Å². The number of methoxy groups -OCH3 is 2. The van der Waals surface area contributed by atoms with Gasteiger partial charge in [0.15, 0.2) is 17.7 Å². The van der Waals surface area contributed by atoms with Crippen molar-refractivity contribution < 1.29 is 37.2 Å². The SMILES string of the molecule is COC(OC)c1ccccc1C#CC1(O)C(C)=CC2(CC1(C)C(F)(F)F)OC(C)C(C)O2. The third kappa shape index (κ3) is 3.97. The molecule has 1 fully saturated rings.